The van der Waals surface area contributed by atoms with Crippen molar-refractivity contribution in [2.75, 3.05) is 18.1 Å². The summed E-state index contributed by atoms with van der Waals surface area (Å²) in [5, 5.41) is 0. The molecule has 1 aliphatic heterocycles. The Morgan fingerprint density at radius 1 is 1.28 bits per heavy atom. The second kappa shape index (κ2) is 5.19. The van der Waals surface area contributed by atoms with Crippen LogP contribution in [0.3, 0.4) is 0 Å². The summed E-state index contributed by atoms with van der Waals surface area (Å²) in [7, 11) is -2.87. The van der Waals surface area contributed by atoms with E-state index < -0.39 is 9.84 Å². The van der Waals surface area contributed by atoms with Crippen molar-refractivity contribution in [3.8, 4) is 0 Å². The van der Waals surface area contributed by atoms with E-state index in [1.54, 1.807) is 0 Å². The minimum absolute atomic E-state index is 0.0518. The van der Waals surface area contributed by atoms with Crippen LogP contribution in [-0.2, 0) is 14.6 Å². The van der Waals surface area contributed by atoms with Gasteiger partial charge in [-0.15, -0.1) is 0 Å². The van der Waals surface area contributed by atoms with Crippen molar-refractivity contribution in [2.24, 2.45) is 11.8 Å². The number of carbonyl (C=O) groups is 1. The molecule has 1 atom stereocenters. The van der Waals surface area contributed by atoms with E-state index in [9.17, 15) is 13.2 Å². The van der Waals surface area contributed by atoms with E-state index in [1.807, 2.05) is 4.90 Å². The first-order chi connectivity index (χ1) is 8.37. The summed E-state index contributed by atoms with van der Waals surface area (Å²) in [6.45, 7) is 5.04. The first kappa shape index (κ1) is 13.8. The minimum atomic E-state index is -2.87. The topological polar surface area (TPSA) is 54.5 Å². The molecule has 1 saturated heterocycles. The van der Waals surface area contributed by atoms with E-state index in [0.29, 0.717) is 24.8 Å². The second-order valence-electron chi connectivity index (χ2n) is 6.14. The van der Waals surface area contributed by atoms with Gasteiger partial charge in [0.25, 0.3) is 0 Å². The third-order valence-corrected chi connectivity index (χ3v) is 5.50. The highest BCUT2D eigenvalue weighted by Crippen LogP contribution is 2.30. The first-order valence-electron chi connectivity index (χ1n) is 6.87. The fourth-order valence-corrected chi connectivity index (χ4v) is 4.49. The van der Waals surface area contributed by atoms with Gasteiger partial charge in [-0.2, -0.15) is 0 Å². The van der Waals surface area contributed by atoms with Gasteiger partial charge in [0.1, 0.15) is 0 Å². The van der Waals surface area contributed by atoms with E-state index in [1.165, 1.54) is 0 Å². The standard InChI is InChI=1S/C13H23NO3S/c1-10(2)8-14(12-3-4-12)13(15)7-11-5-6-18(16,17)9-11/h10-12H,3-9H2,1-2H3/t11-/m1/s1. The molecule has 0 spiro atoms. The quantitative estimate of drug-likeness (QED) is 0.762. The van der Waals surface area contributed by atoms with Crippen LogP contribution in [0.2, 0.25) is 0 Å². The molecule has 0 aromatic carbocycles. The highest BCUT2D eigenvalue weighted by atomic mass is 32.2. The van der Waals surface area contributed by atoms with E-state index in [4.69, 9.17) is 0 Å². The average Bonchev–Trinajstić information content (AvgIpc) is 3.01. The van der Waals surface area contributed by atoms with Crippen LogP contribution in [0.1, 0.15) is 39.5 Å². The van der Waals surface area contributed by atoms with Crippen molar-refractivity contribution >= 4 is 15.7 Å². The summed E-state index contributed by atoms with van der Waals surface area (Å²) in [6, 6.07) is 0.429. The van der Waals surface area contributed by atoms with Crippen LogP contribution in [0.5, 0.6) is 0 Å². The minimum Gasteiger partial charge on any atom is -0.339 e. The van der Waals surface area contributed by atoms with Crippen molar-refractivity contribution in [1.82, 2.24) is 4.90 Å². The van der Waals surface area contributed by atoms with Gasteiger partial charge in [-0.1, -0.05) is 13.8 Å². The van der Waals surface area contributed by atoms with Gasteiger partial charge in [-0.3, -0.25) is 4.79 Å². The van der Waals surface area contributed by atoms with Gasteiger partial charge >= 0.3 is 0 Å². The largest absolute Gasteiger partial charge is 0.339 e. The van der Waals surface area contributed by atoms with E-state index in [2.05, 4.69) is 13.8 Å². The summed E-state index contributed by atoms with van der Waals surface area (Å²) in [5.74, 6) is 1.16. The fourth-order valence-electron chi connectivity index (χ4n) is 2.63. The normalized spacial score (nSPS) is 26.5. The molecular formula is C13H23NO3S. The zero-order valence-corrected chi connectivity index (χ0v) is 12.1. The molecule has 5 heteroatoms. The Morgan fingerprint density at radius 2 is 1.94 bits per heavy atom. The lowest BCUT2D eigenvalue weighted by molar-refractivity contribution is -0.133. The van der Waals surface area contributed by atoms with Crippen LogP contribution < -0.4 is 0 Å². The molecule has 0 aromatic rings. The van der Waals surface area contributed by atoms with Gasteiger partial charge in [0.15, 0.2) is 9.84 Å². The zero-order chi connectivity index (χ0) is 13.3. The van der Waals surface area contributed by atoms with Gasteiger partial charge < -0.3 is 4.90 Å². The number of hydrogen-bond acceptors (Lipinski definition) is 3. The molecule has 1 heterocycles. The van der Waals surface area contributed by atoms with Crippen molar-refractivity contribution in [1.29, 1.82) is 0 Å². The molecule has 2 fully saturated rings. The number of hydrogen-bond donors (Lipinski definition) is 0. The molecule has 0 N–H and O–H groups in total. The average molecular weight is 273 g/mol. The molecule has 0 bridgehead atoms. The van der Waals surface area contributed by atoms with Gasteiger partial charge in [-0.25, -0.2) is 8.42 Å². The monoisotopic (exact) mass is 273 g/mol. The van der Waals surface area contributed by atoms with Crippen molar-refractivity contribution in [3.63, 3.8) is 0 Å². The van der Waals surface area contributed by atoms with E-state index in [0.717, 1.165) is 19.4 Å². The molecule has 1 saturated carbocycles. The predicted molar refractivity (Wildman–Crippen MR) is 71.0 cm³/mol. The van der Waals surface area contributed by atoms with Crippen LogP contribution in [-0.4, -0.2) is 43.3 Å². The summed E-state index contributed by atoms with van der Waals surface area (Å²) < 4.78 is 22.8. The molecule has 0 radical (unpaired) electrons. The Balaban J connectivity index is 1.89. The Morgan fingerprint density at radius 3 is 2.39 bits per heavy atom. The number of amides is 1. The fraction of sp³-hybridized carbons (Fsp3) is 0.923. The number of rotatable bonds is 5. The van der Waals surface area contributed by atoms with E-state index >= 15 is 0 Å². The number of sulfone groups is 1. The molecule has 1 aliphatic carbocycles. The smallest absolute Gasteiger partial charge is 0.223 e. The molecular weight excluding hydrogens is 250 g/mol. The maximum Gasteiger partial charge on any atom is 0.223 e. The highest BCUT2D eigenvalue weighted by molar-refractivity contribution is 7.91. The van der Waals surface area contributed by atoms with Gasteiger partial charge in [0, 0.05) is 19.0 Å². The molecule has 4 nitrogen and oxygen atoms in total. The molecule has 2 rings (SSSR count). The Kier molecular flexibility index (Phi) is 3.99. The van der Waals surface area contributed by atoms with Crippen LogP contribution in [0, 0.1) is 11.8 Å². The molecule has 0 aromatic heterocycles. The van der Waals surface area contributed by atoms with Crippen LogP contribution in [0.15, 0.2) is 0 Å². The van der Waals surface area contributed by atoms with Crippen molar-refractivity contribution < 1.29 is 13.2 Å². The van der Waals surface area contributed by atoms with E-state index in [-0.39, 0.29) is 23.3 Å². The Hall–Kier alpha value is -0.580. The molecule has 2 aliphatic rings. The summed E-state index contributed by atoms with van der Waals surface area (Å²) in [4.78, 5) is 14.2. The lowest BCUT2D eigenvalue weighted by Crippen LogP contribution is -2.37. The number of nitrogens with zero attached hydrogens (tertiary/aromatic N) is 1. The second-order valence-corrected chi connectivity index (χ2v) is 8.37. The predicted octanol–water partition coefficient (Wildman–Crippen LogP) is 1.46. The third kappa shape index (κ3) is 3.70. The van der Waals surface area contributed by atoms with Crippen LogP contribution in [0.25, 0.3) is 0 Å². The van der Waals surface area contributed by atoms with Crippen LogP contribution >= 0.6 is 0 Å². The SMILES string of the molecule is CC(C)CN(C(=O)C[C@H]1CCS(=O)(=O)C1)C1CC1. The lowest BCUT2D eigenvalue weighted by Gasteiger charge is -2.25. The molecule has 104 valence electrons. The van der Waals surface area contributed by atoms with Crippen LogP contribution in [0.4, 0.5) is 0 Å². The van der Waals surface area contributed by atoms with Crippen molar-refractivity contribution in [3.05, 3.63) is 0 Å². The highest BCUT2D eigenvalue weighted by Gasteiger charge is 2.36. The Bertz CT molecular complexity index is 412. The molecule has 0 unspecified atom stereocenters. The van der Waals surface area contributed by atoms with Gasteiger partial charge in [0.05, 0.1) is 11.5 Å². The number of carbonyl (C=O) groups excluding carboxylic acids is 1. The maximum absolute atomic E-state index is 12.3. The van der Waals surface area contributed by atoms with Gasteiger partial charge in [0.2, 0.25) is 5.91 Å². The summed E-state index contributed by atoms with van der Waals surface area (Å²) in [6.07, 6.45) is 3.31. The summed E-state index contributed by atoms with van der Waals surface area (Å²) >= 11 is 0. The maximum atomic E-state index is 12.3. The third-order valence-electron chi connectivity index (χ3n) is 3.66. The summed E-state index contributed by atoms with van der Waals surface area (Å²) in [5.41, 5.74) is 0. The lowest BCUT2D eigenvalue weighted by atomic mass is 10.0. The Labute approximate surface area is 110 Å². The van der Waals surface area contributed by atoms with Gasteiger partial charge in [-0.05, 0) is 31.1 Å². The zero-order valence-electron chi connectivity index (χ0n) is 11.3. The molecule has 18 heavy (non-hydrogen) atoms. The van der Waals surface area contributed by atoms with Crippen molar-refractivity contribution in [2.45, 2.75) is 45.6 Å². The molecule has 1 amide bonds. The first-order valence-corrected chi connectivity index (χ1v) is 8.69.